The number of para-hydroxylation sites is 1. The summed E-state index contributed by atoms with van der Waals surface area (Å²) in [6.07, 6.45) is 5.99. The number of hydrogen-bond acceptors (Lipinski definition) is 4. The molecule has 0 atom stereocenters. The van der Waals surface area contributed by atoms with Gasteiger partial charge < -0.3 is 4.42 Å². The van der Waals surface area contributed by atoms with E-state index in [0.717, 1.165) is 122 Å². The van der Waals surface area contributed by atoms with Gasteiger partial charge in [-0.15, -0.1) is 0 Å². The molecule has 4 aromatic heterocycles. The van der Waals surface area contributed by atoms with Crippen LogP contribution in [0.1, 0.15) is 0 Å². The zero-order chi connectivity index (χ0) is 44.5. The van der Waals surface area contributed by atoms with Crippen molar-refractivity contribution in [3.8, 4) is 101 Å². The fourth-order valence-electron chi connectivity index (χ4n) is 9.33. The van der Waals surface area contributed by atoms with Crippen molar-refractivity contribution >= 4 is 21.9 Å². The monoisotopic (exact) mass is 855 g/mol. The average Bonchev–Trinajstić information content (AvgIpc) is 3.79. The third-order valence-electron chi connectivity index (χ3n) is 12.7. The van der Waals surface area contributed by atoms with Crippen LogP contribution >= 0.6 is 0 Å². The Kier molecular flexibility index (Phi) is 10.2. The van der Waals surface area contributed by atoms with Crippen LogP contribution in [-0.2, 0) is 0 Å². The fourth-order valence-corrected chi connectivity index (χ4v) is 9.33. The highest BCUT2D eigenvalue weighted by atomic mass is 16.3. The van der Waals surface area contributed by atoms with Crippen LogP contribution in [0.4, 0.5) is 0 Å². The van der Waals surface area contributed by atoms with Crippen LogP contribution in [0.25, 0.3) is 122 Å². The number of hydrogen-bond donors (Lipinski definition) is 0. The zero-order valence-electron chi connectivity index (χ0n) is 36.4. The minimum atomic E-state index is 0.873. The molecule has 0 radical (unpaired) electrons. The van der Waals surface area contributed by atoms with Crippen molar-refractivity contribution in [2.75, 3.05) is 0 Å². The molecule has 0 unspecified atom stereocenters. The molecule has 0 aliphatic heterocycles. The SMILES string of the molecule is c1ccc(-c2ccc(-c3ccccc3-c3cc(-c4ccccc4-c4ccc(-c5ccccc5)nc4)cc(-c4ccccc4-c4ccc(-c5ccc6oc7ccccc7c6c5)nc4)c3)cn2)cc1. The molecule has 0 bridgehead atoms. The average molecular weight is 856 g/mol. The molecule has 4 heterocycles. The molecule has 0 N–H and O–H groups in total. The third-order valence-corrected chi connectivity index (χ3v) is 12.7. The van der Waals surface area contributed by atoms with Crippen molar-refractivity contribution in [2.24, 2.45) is 0 Å². The highest BCUT2D eigenvalue weighted by molar-refractivity contribution is 6.06. The predicted molar refractivity (Wildman–Crippen MR) is 276 cm³/mol. The lowest BCUT2D eigenvalue weighted by Crippen LogP contribution is -1.93. The molecule has 0 fully saturated rings. The molecule has 8 aromatic carbocycles. The Hall–Kier alpha value is -8.99. The van der Waals surface area contributed by atoms with Gasteiger partial charge in [-0.3, -0.25) is 15.0 Å². The Morgan fingerprint density at radius 2 is 0.567 bits per heavy atom. The van der Waals surface area contributed by atoms with E-state index in [0.29, 0.717) is 0 Å². The Morgan fingerprint density at radius 3 is 0.985 bits per heavy atom. The molecular formula is C63H41N3O. The normalized spacial score (nSPS) is 11.3. The van der Waals surface area contributed by atoms with Gasteiger partial charge in [0.1, 0.15) is 11.2 Å². The second-order valence-electron chi connectivity index (χ2n) is 16.8. The summed E-state index contributed by atoms with van der Waals surface area (Å²) in [7, 11) is 0. The molecule has 4 nitrogen and oxygen atoms in total. The minimum Gasteiger partial charge on any atom is -0.456 e. The van der Waals surface area contributed by atoms with E-state index in [2.05, 4.69) is 176 Å². The summed E-state index contributed by atoms with van der Waals surface area (Å²) in [6, 6.07) is 81.0. The first kappa shape index (κ1) is 39.6. The second-order valence-corrected chi connectivity index (χ2v) is 16.8. The summed E-state index contributed by atoms with van der Waals surface area (Å²) in [5.74, 6) is 0. The van der Waals surface area contributed by atoms with Crippen molar-refractivity contribution in [1.82, 2.24) is 15.0 Å². The van der Waals surface area contributed by atoms with Crippen LogP contribution in [-0.4, -0.2) is 15.0 Å². The van der Waals surface area contributed by atoms with Gasteiger partial charge in [-0.1, -0.05) is 170 Å². The molecule has 12 aromatic rings. The number of furan rings is 1. The molecule has 0 aliphatic carbocycles. The molecular weight excluding hydrogens is 815 g/mol. The van der Waals surface area contributed by atoms with Crippen LogP contribution in [0.15, 0.2) is 254 Å². The van der Waals surface area contributed by atoms with Crippen LogP contribution in [0, 0.1) is 0 Å². The predicted octanol–water partition coefficient (Wildman–Crippen LogP) is 16.8. The summed E-state index contributed by atoms with van der Waals surface area (Å²) in [6.45, 7) is 0. The summed E-state index contributed by atoms with van der Waals surface area (Å²) < 4.78 is 6.12. The van der Waals surface area contributed by atoms with Crippen LogP contribution in [0.2, 0.25) is 0 Å². The van der Waals surface area contributed by atoms with E-state index >= 15 is 0 Å². The van der Waals surface area contributed by atoms with Crippen molar-refractivity contribution in [3.63, 3.8) is 0 Å². The first-order valence-corrected chi connectivity index (χ1v) is 22.6. The number of aromatic nitrogens is 3. The summed E-state index contributed by atoms with van der Waals surface area (Å²) in [5, 5.41) is 2.19. The molecule has 0 saturated carbocycles. The van der Waals surface area contributed by atoms with Crippen molar-refractivity contribution in [3.05, 3.63) is 249 Å². The van der Waals surface area contributed by atoms with Gasteiger partial charge in [0.15, 0.2) is 0 Å². The maximum atomic E-state index is 6.12. The molecule has 0 spiro atoms. The standard InChI is InChI=1S/C63H41N3O/c1-3-15-42(16-4-1)59-31-27-45(39-64-59)51-19-7-10-22-54(51)48-35-49(55-23-11-8-20-52(55)46-28-32-60(65-40-46)43-17-5-2-6-18-43)37-50(36-48)56-24-12-9-21-53(56)47-29-33-61(66-41-47)44-30-34-63-58(38-44)57-25-13-14-26-62(57)67-63/h1-41H. The number of fused-ring (bicyclic) bond motifs is 3. The lowest BCUT2D eigenvalue weighted by Gasteiger charge is -2.18. The molecule has 67 heavy (non-hydrogen) atoms. The first-order chi connectivity index (χ1) is 33.2. The van der Waals surface area contributed by atoms with Crippen LogP contribution in [0.3, 0.4) is 0 Å². The van der Waals surface area contributed by atoms with E-state index in [1.54, 1.807) is 0 Å². The molecule has 314 valence electrons. The van der Waals surface area contributed by atoms with Gasteiger partial charge in [-0.05, 0) is 111 Å². The van der Waals surface area contributed by atoms with Gasteiger partial charge in [-0.25, -0.2) is 0 Å². The van der Waals surface area contributed by atoms with E-state index in [1.807, 2.05) is 73.2 Å². The fraction of sp³-hybridized carbons (Fsp3) is 0. The van der Waals surface area contributed by atoms with E-state index in [9.17, 15) is 0 Å². The number of rotatable bonds is 9. The summed E-state index contributed by atoms with van der Waals surface area (Å²) in [5.41, 5.74) is 20.9. The van der Waals surface area contributed by atoms with Crippen molar-refractivity contribution in [1.29, 1.82) is 0 Å². The molecule has 12 rings (SSSR count). The van der Waals surface area contributed by atoms with Gasteiger partial charge in [0.25, 0.3) is 0 Å². The molecule has 0 saturated heterocycles. The number of pyridine rings is 3. The molecule has 4 heteroatoms. The third kappa shape index (κ3) is 7.67. The summed E-state index contributed by atoms with van der Waals surface area (Å²) in [4.78, 5) is 14.9. The maximum absolute atomic E-state index is 6.12. The Morgan fingerprint density at radius 1 is 0.224 bits per heavy atom. The van der Waals surface area contributed by atoms with Crippen LogP contribution in [0.5, 0.6) is 0 Å². The number of nitrogens with zero attached hydrogens (tertiary/aromatic N) is 3. The van der Waals surface area contributed by atoms with Crippen molar-refractivity contribution < 1.29 is 4.42 Å². The molecule has 0 aliphatic rings. The first-order valence-electron chi connectivity index (χ1n) is 22.6. The van der Waals surface area contributed by atoms with E-state index in [1.165, 1.54) is 0 Å². The minimum absolute atomic E-state index is 0.873. The van der Waals surface area contributed by atoms with Gasteiger partial charge in [0.05, 0.1) is 17.1 Å². The zero-order valence-corrected chi connectivity index (χ0v) is 36.4. The second kappa shape index (κ2) is 17.2. The van der Waals surface area contributed by atoms with E-state index < -0.39 is 0 Å². The highest BCUT2D eigenvalue weighted by Crippen LogP contribution is 2.43. The van der Waals surface area contributed by atoms with Gasteiger partial charge in [0, 0.05) is 62.7 Å². The van der Waals surface area contributed by atoms with E-state index in [4.69, 9.17) is 19.4 Å². The topological polar surface area (TPSA) is 51.8 Å². The quantitative estimate of drug-likeness (QED) is 0.145. The van der Waals surface area contributed by atoms with E-state index in [-0.39, 0.29) is 0 Å². The highest BCUT2D eigenvalue weighted by Gasteiger charge is 2.17. The van der Waals surface area contributed by atoms with Gasteiger partial charge in [0.2, 0.25) is 0 Å². The largest absolute Gasteiger partial charge is 0.456 e. The lowest BCUT2D eigenvalue weighted by molar-refractivity contribution is 0.669. The Labute approximate surface area is 389 Å². The lowest BCUT2D eigenvalue weighted by atomic mass is 9.86. The van der Waals surface area contributed by atoms with Gasteiger partial charge >= 0.3 is 0 Å². The van der Waals surface area contributed by atoms with Crippen molar-refractivity contribution in [2.45, 2.75) is 0 Å². The maximum Gasteiger partial charge on any atom is 0.135 e. The Bertz CT molecular complexity index is 3560. The van der Waals surface area contributed by atoms with Gasteiger partial charge in [-0.2, -0.15) is 0 Å². The van der Waals surface area contributed by atoms with Crippen LogP contribution < -0.4 is 0 Å². The smallest absolute Gasteiger partial charge is 0.135 e. The summed E-state index contributed by atoms with van der Waals surface area (Å²) >= 11 is 0. The molecule has 0 amide bonds. The Balaban J connectivity index is 0.977. The number of benzene rings is 8.